The molecule has 20 heavy (non-hydrogen) atoms. The molecule has 2 heterocycles. The molecule has 106 valence electrons. The number of aromatic nitrogens is 1. The van der Waals surface area contributed by atoms with Gasteiger partial charge in [0.1, 0.15) is 0 Å². The number of nitrogens with zero attached hydrogens (tertiary/aromatic N) is 2. The van der Waals surface area contributed by atoms with E-state index in [2.05, 4.69) is 23.0 Å². The second-order valence-corrected chi connectivity index (χ2v) is 5.37. The molecular weight excluding hydrogens is 250 g/mol. The predicted octanol–water partition coefficient (Wildman–Crippen LogP) is 2.31. The van der Waals surface area contributed by atoms with Gasteiger partial charge >= 0.3 is 0 Å². The Morgan fingerprint density at radius 3 is 3.00 bits per heavy atom. The minimum absolute atomic E-state index is 0.331. The standard InChI is InChI=1S/C16H21N3O/c1-19(11-13-5-4-8-20-13)16-12(9-17)10-18-15-7-3-2-6-14(15)16/h2-3,6-7,10,13H,4-5,8-9,11,17H2,1H3. The summed E-state index contributed by atoms with van der Waals surface area (Å²) in [6, 6.07) is 8.22. The highest BCUT2D eigenvalue weighted by molar-refractivity contribution is 5.93. The van der Waals surface area contributed by atoms with Gasteiger partial charge in [-0.15, -0.1) is 0 Å². The van der Waals surface area contributed by atoms with E-state index in [0.717, 1.165) is 36.0 Å². The number of hydrogen-bond donors (Lipinski definition) is 1. The van der Waals surface area contributed by atoms with E-state index in [1.165, 1.54) is 12.1 Å². The van der Waals surface area contributed by atoms with Gasteiger partial charge in [0.2, 0.25) is 0 Å². The van der Waals surface area contributed by atoms with E-state index in [4.69, 9.17) is 10.5 Å². The summed E-state index contributed by atoms with van der Waals surface area (Å²) in [4.78, 5) is 6.76. The van der Waals surface area contributed by atoms with Crippen LogP contribution in [0.25, 0.3) is 10.9 Å². The topological polar surface area (TPSA) is 51.4 Å². The highest BCUT2D eigenvalue weighted by atomic mass is 16.5. The van der Waals surface area contributed by atoms with Gasteiger partial charge < -0.3 is 15.4 Å². The monoisotopic (exact) mass is 271 g/mol. The van der Waals surface area contributed by atoms with Crippen molar-refractivity contribution in [3.63, 3.8) is 0 Å². The molecule has 0 aliphatic carbocycles. The van der Waals surface area contributed by atoms with Crippen molar-refractivity contribution in [3.05, 3.63) is 36.0 Å². The average Bonchev–Trinajstić information content (AvgIpc) is 2.98. The van der Waals surface area contributed by atoms with Crippen LogP contribution in [0.5, 0.6) is 0 Å². The summed E-state index contributed by atoms with van der Waals surface area (Å²) in [5.74, 6) is 0. The van der Waals surface area contributed by atoms with Gasteiger partial charge in [-0.3, -0.25) is 4.98 Å². The van der Waals surface area contributed by atoms with Crippen LogP contribution in [0.2, 0.25) is 0 Å². The smallest absolute Gasteiger partial charge is 0.0750 e. The average molecular weight is 271 g/mol. The quantitative estimate of drug-likeness (QED) is 0.927. The van der Waals surface area contributed by atoms with Gasteiger partial charge in [-0.25, -0.2) is 0 Å². The number of nitrogens with two attached hydrogens (primary N) is 1. The molecular formula is C16H21N3O. The molecule has 0 radical (unpaired) electrons. The Balaban J connectivity index is 1.98. The van der Waals surface area contributed by atoms with Gasteiger partial charge in [0.15, 0.2) is 0 Å². The van der Waals surface area contributed by atoms with Crippen LogP contribution in [-0.2, 0) is 11.3 Å². The van der Waals surface area contributed by atoms with E-state index in [0.29, 0.717) is 12.6 Å². The molecule has 4 heteroatoms. The highest BCUT2D eigenvalue weighted by Crippen LogP contribution is 2.29. The molecule has 0 saturated carbocycles. The largest absolute Gasteiger partial charge is 0.376 e. The lowest BCUT2D eigenvalue weighted by Gasteiger charge is -2.26. The minimum Gasteiger partial charge on any atom is -0.376 e. The molecule has 0 spiro atoms. The van der Waals surface area contributed by atoms with Crippen molar-refractivity contribution < 1.29 is 4.74 Å². The molecule has 3 rings (SSSR count). The Bertz CT molecular complexity index is 593. The van der Waals surface area contributed by atoms with E-state index < -0.39 is 0 Å². The number of benzene rings is 1. The van der Waals surface area contributed by atoms with Crippen LogP contribution >= 0.6 is 0 Å². The predicted molar refractivity (Wildman–Crippen MR) is 81.9 cm³/mol. The van der Waals surface area contributed by atoms with Gasteiger partial charge in [0.25, 0.3) is 0 Å². The number of fused-ring (bicyclic) bond motifs is 1. The fourth-order valence-electron chi connectivity index (χ4n) is 2.95. The number of anilines is 1. The van der Waals surface area contributed by atoms with Crippen LogP contribution in [-0.4, -0.2) is 31.3 Å². The number of likely N-dealkylation sites (N-methyl/N-ethyl adjacent to an activating group) is 1. The molecule has 0 bridgehead atoms. The lowest BCUT2D eigenvalue weighted by molar-refractivity contribution is 0.116. The molecule has 1 saturated heterocycles. The second kappa shape index (κ2) is 5.77. The Hall–Kier alpha value is -1.65. The van der Waals surface area contributed by atoms with Gasteiger partial charge in [-0.1, -0.05) is 18.2 Å². The third-order valence-corrected chi connectivity index (χ3v) is 3.93. The van der Waals surface area contributed by atoms with Crippen LogP contribution in [0.15, 0.2) is 30.5 Å². The number of rotatable bonds is 4. The van der Waals surface area contributed by atoms with Crippen LogP contribution in [0.1, 0.15) is 18.4 Å². The van der Waals surface area contributed by atoms with E-state index in [-0.39, 0.29) is 0 Å². The molecule has 1 aliphatic rings. The molecule has 4 nitrogen and oxygen atoms in total. The summed E-state index contributed by atoms with van der Waals surface area (Å²) < 4.78 is 5.74. The molecule has 2 aromatic rings. The first-order valence-electron chi connectivity index (χ1n) is 7.19. The Morgan fingerprint density at radius 1 is 1.40 bits per heavy atom. The first-order valence-corrected chi connectivity index (χ1v) is 7.19. The van der Waals surface area contributed by atoms with Crippen molar-refractivity contribution in [2.75, 3.05) is 25.1 Å². The molecule has 2 N–H and O–H groups in total. The normalized spacial score (nSPS) is 18.6. The summed E-state index contributed by atoms with van der Waals surface area (Å²) in [7, 11) is 2.11. The van der Waals surface area contributed by atoms with Gasteiger partial charge in [0, 0.05) is 43.9 Å². The van der Waals surface area contributed by atoms with Gasteiger partial charge in [-0.05, 0) is 18.9 Å². The summed E-state index contributed by atoms with van der Waals surface area (Å²) in [5, 5.41) is 1.16. The molecule has 1 unspecified atom stereocenters. The van der Waals surface area contributed by atoms with Crippen LogP contribution < -0.4 is 10.6 Å². The van der Waals surface area contributed by atoms with Crippen molar-refractivity contribution in [3.8, 4) is 0 Å². The van der Waals surface area contributed by atoms with Crippen molar-refractivity contribution in [2.45, 2.75) is 25.5 Å². The zero-order valence-electron chi connectivity index (χ0n) is 11.9. The first kappa shape index (κ1) is 13.3. The molecule has 1 aromatic carbocycles. The number of ether oxygens (including phenoxy) is 1. The molecule has 1 aromatic heterocycles. The minimum atomic E-state index is 0.331. The van der Waals surface area contributed by atoms with Crippen LogP contribution in [0.4, 0.5) is 5.69 Å². The summed E-state index contributed by atoms with van der Waals surface area (Å²) in [6.45, 7) is 2.30. The van der Waals surface area contributed by atoms with Gasteiger partial charge in [-0.2, -0.15) is 0 Å². The highest BCUT2D eigenvalue weighted by Gasteiger charge is 2.20. The third kappa shape index (κ3) is 2.49. The van der Waals surface area contributed by atoms with Crippen molar-refractivity contribution in [1.29, 1.82) is 0 Å². The lowest BCUT2D eigenvalue weighted by atomic mass is 10.1. The number of para-hydroxylation sites is 1. The maximum absolute atomic E-state index is 5.89. The Labute approximate surface area is 119 Å². The SMILES string of the molecule is CN(CC1CCCO1)c1c(CN)cnc2ccccc12. The van der Waals surface area contributed by atoms with E-state index in [9.17, 15) is 0 Å². The van der Waals surface area contributed by atoms with E-state index >= 15 is 0 Å². The Kier molecular flexibility index (Phi) is 3.85. The Morgan fingerprint density at radius 2 is 2.25 bits per heavy atom. The van der Waals surface area contributed by atoms with Crippen molar-refractivity contribution in [2.24, 2.45) is 5.73 Å². The fourth-order valence-corrected chi connectivity index (χ4v) is 2.95. The van der Waals surface area contributed by atoms with Crippen LogP contribution in [0.3, 0.4) is 0 Å². The first-order chi connectivity index (χ1) is 9.79. The van der Waals surface area contributed by atoms with E-state index in [1.807, 2.05) is 24.4 Å². The van der Waals surface area contributed by atoms with Gasteiger partial charge in [0.05, 0.1) is 17.3 Å². The zero-order chi connectivity index (χ0) is 13.9. The van der Waals surface area contributed by atoms with E-state index in [1.54, 1.807) is 0 Å². The summed E-state index contributed by atoms with van der Waals surface area (Å²) in [5.41, 5.74) is 9.18. The summed E-state index contributed by atoms with van der Waals surface area (Å²) in [6.07, 6.45) is 4.53. The molecule has 1 aliphatic heterocycles. The maximum atomic E-state index is 5.89. The lowest BCUT2D eigenvalue weighted by Crippen LogP contribution is -2.29. The molecule has 1 atom stereocenters. The van der Waals surface area contributed by atoms with Crippen molar-refractivity contribution >= 4 is 16.6 Å². The zero-order valence-corrected chi connectivity index (χ0v) is 11.9. The van der Waals surface area contributed by atoms with Crippen molar-refractivity contribution in [1.82, 2.24) is 4.98 Å². The maximum Gasteiger partial charge on any atom is 0.0750 e. The fraction of sp³-hybridized carbons (Fsp3) is 0.438. The summed E-state index contributed by atoms with van der Waals surface area (Å²) >= 11 is 0. The van der Waals surface area contributed by atoms with Crippen LogP contribution in [0, 0.1) is 0 Å². The molecule has 0 amide bonds. The number of pyridine rings is 1. The third-order valence-electron chi connectivity index (χ3n) is 3.93. The second-order valence-electron chi connectivity index (χ2n) is 5.37. The number of hydrogen-bond acceptors (Lipinski definition) is 4. The molecule has 1 fully saturated rings.